The number of hydrogen-bond donors (Lipinski definition) is 1. The Morgan fingerprint density at radius 3 is 2.81 bits per heavy atom. The highest BCUT2D eigenvalue weighted by Gasteiger charge is 2.34. The molecule has 1 aliphatic carbocycles. The van der Waals surface area contributed by atoms with E-state index in [0.29, 0.717) is 0 Å². The zero-order valence-corrected chi connectivity index (χ0v) is 15.4. The topological polar surface area (TPSA) is 32.7 Å². The second-order valence-electron chi connectivity index (χ2n) is 7.55. The number of nitrogens with zero attached hydrogens (tertiary/aromatic N) is 1. The van der Waals surface area contributed by atoms with Crippen molar-refractivity contribution >= 4 is 0 Å². The number of likely N-dealkylation sites (tertiary alicyclic amines) is 1. The van der Waals surface area contributed by atoms with Gasteiger partial charge in [0.05, 0.1) is 7.11 Å². The maximum absolute atomic E-state index is 11.4. The Hall–Kier alpha value is -2.10. The fraction of sp³-hybridized carbons (Fsp3) is 0.391. The molecule has 2 aromatic carbocycles. The molecule has 1 fully saturated rings. The van der Waals surface area contributed by atoms with Crippen molar-refractivity contribution in [2.75, 3.05) is 20.2 Å². The molecule has 136 valence electrons. The van der Waals surface area contributed by atoms with Crippen LogP contribution in [0.1, 0.15) is 36.0 Å². The minimum absolute atomic E-state index is 0.787. The Balaban J connectivity index is 1.53. The highest BCUT2D eigenvalue weighted by molar-refractivity contribution is 5.44. The first kappa shape index (κ1) is 17.3. The van der Waals surface area contributed by atoms with Crippen molar-refractivity contribution in [3.63, 3.8) is 0 Å². The molecular formula is C23H27NO2. The Labute approximate surface area is 155 Å². The van der Waals surface area contributed by atoms with Gasteiger partial charge in [-0.2, -0.15) is 0 Å². The number of aryl methyl sites for hydroxylation is 1. The zero-order valence-electron chi connectivity index (χ0n) is 15.4. The van der Waals surface area contributed by atoms with E-state index < -0.39 is 5.60 Å². The zero-order chi connectivity index (χ0) is 18.0. The maximum atomic E-state index is 11.4. The minimum Gasteiger partial charge on any atom is -0.497 e. The number of rotatable bonds is 4. The number of aliphatic hydroxyl groups is 1. The van der Waals surface area contributed by atoms with Crippen LogP contribution in [0, 0.1) is 0 Å². The van der Waals surface area contributed by atoms with Crippen LogP contribution >= 0.6 is 0 Å². The fourth-order valence-corrected chi connectivity index (χ4v) is 4.32. The van der Waals surface area contributed by atoms with Gasteiger partial charge in [-0.05, 0) is 60.6 Å². The van der Waals surface area contributed by atoms with Gasteiger partial charge in [-0.15, -0.1) is 0 Å². The van der Waals surface area contributed by atoms with E-state index in [-0.39, 0.29) is 0 Å². The SMILES string of the molecule is COc1ccc2c(c1)C(O)(C=C1CCN(Cc3ccccc3)C1)CCC2. The van der Waals surface area contributed by atoms with Gasteiger partial charge in [-0.3, -0.25) is 4.90 Å². The number of ether oxygens (including phenoxy) is 1. The summed E-state index contributed by atoms with van der Waals surface area (Å²) in [6.45, 7) is 2.97. The van der Waals surface area contributed by atoms with E-state index in [1.165, 1.54) is 16.7 Å². The quantitative estimate of drug-likeness (QED) is 0.845. The van der Waals surface area contributed by atoms with Gasteiger partial charge in [-0.1, -0.05) is 42.0 Å². The highest BCUT2D eigenvalue weighted by atomic mass is 16.5. The number of hydrogen-bond acceptors (Lipinski definition) is 3. The molecule has 4 rings (SSSR count). The molecule has 0 saturated carbocycles. The molecule has 0 spiro atoms. The molecule has 1 aliphatic heterocycles. The molecule has 1 atom stereocenters. The predicted molar refractivity (Wildman–Crippen MR) is 104 cm³/mol. The van der Waals surface area contributed by atoms with Gasteiger partial charge in [0.15, 0.2) is 0 Å². The first-order valence-electron chi connectivity index (χ1n) is 9.53. The van der Waals surface area contributed by atoms with Gasteiger partial charge in [0.2, 0.25) is 0 Å². The molecule has 26 heavy (non-hydrogen) atoms. The predicted octanol–water partition coefficient (Wildman–Crippen LogP) is 4.05. The lowest BCUT2D eigenvalue weighted by Gasteiger charge is -2.33. The summed E-state index contributed by atoms with van der Waals surface area (Å²) >= 11 is 0. The molecule has 0 amide bonds. The van der Waals surface area contributed by atoms with Crippen molar-refractivity contribution in [3.8, 4) is 5.75 Å². The Morgan fingerprint density at radius 2 is 2.00 bits per heavy atom. The molecule has 0 aromatic heterocycles. The second kappa shape index (κ2) is 7.26. The van der Waals surface area contributed by atoms with E-state index >= 15 is 0 Å². The minimum atomic E-state index is -0.861. The first-order chi connectivity index (χ1) is 12.7. The van der Waals surface area contributed by atoms with Gasteiger partial charge in [0.25, 0.3) is 0 Å². The molecule has 1 N–H and O–H groups in total. The summed E-state index contributed by atoms with van der Waals surface area (Å²) < 4.78 is 5.39. The van der Waals surface area contributed by atoms with Crippen LogP contribution in [0.5, 0.6) is 5.75 Å². The van der Waals surface area contributed by atoms with Gasteiger partial charge in [0, 0.05) is 19.6 Å². The van der Waals surface area contributed by atoms with Crippen molar-refractivity contribution in [1.29, 1.82) is 0 Å². The highest BCUT2D eigenvalue weighted by Crippen LogP contribution is 2.39. The number of benzene rings is 2. The first-order valence-corrected chi connectivity index (χ1v) is 9.53. The third kappa shape index (κ3) is 3.55. The third-order valence-corrected chi connectivity index (χ3v) is 5.66. The van der Waals surface area contributed by atoms with Crippen LogP contribution in [0.4, 0.5) is 0 Å². The molecule has 3 heteroatoms. The lowest BCUT2D eigenvalue weighted by molar-refractivity contribution is 0.0686. The third-order valence-electron chi connectivity index (χ3n) is 5.66. The second-order valence-corrected chi connectivity index (χ2v) is 7.55. The van der Waals surface area contributed by atoms with Crippen LogP contribution < -0.4 is 4.74 Å². The van der Waals surface area contributed by atoms with Crippen molar-refractivity contribution in [2.45, 2.75) is 37.8 Å². The van der Waals surface area contributed by atoms with Gasteiger partial charge in [-0.25, -0.2) is 0 Å². The van der Waals surface area contributed by atoms with Crippen LogP contribution in [0.2, 0.25) is 0 Å². The Morgan fingerprint density at radius 1 is 1.15 bits per heavy atom. The van der Waals surface area contributed by atoms with Crippen molar-refractivity contribution in [2.24, 2.45) is 0 Å². The summed E-state index contributed by atoms with van der Waals surface area (Å²) in [5, 5.41) is 11.4. The van der Waals surface area contributed by atoms with E-state index in [1.807, 2.05) is 12.1 Å². The lowest BCUT2D eigenvalue weighted by Crippen LogP contribution is -2.29. The molecule has 2 aromatic rings. The summed E-state index contributed by atoms with van der Waals surface area (Å²) in [5.41, 5.74) is 4.10. The summed E-state index contributed by atoms with van der Waals surface area (Å²) in [6.07, 6.45) is 6.01. The summed E-state index contributed by atoms with van der Waals surface area (Å²) in [5.74, 6) is 0.819. The number of methoxy groups -OCH3 is 1. The molecule has 0 radical (unpaired) electrons. The molecule has 1 heterocycles. The molecule has 1 saturated heterocycles. The molecule has 1 unspecified atom stereocenters. The monoisotopic (exact) mass is 349 g/mol. The van der Waals surface area contributed by atoms with E-state index in [1.54, 1.807) is 7.11 Å². The lowest BCUT2D eigenvalue weighted by atomic mass is 9.78. The summed E-state index contributed by atoms with van der Waals surface area (Å²) in [7, 11) is 1.68. The Bertz CT molecular complexity index is 799. The van der Waals surface area contributed by atoms with E-state index in [4.69, 9.17) is 4.74 Å². The van der Waals surface area contributed by atoms with Gasteiger partial charge in [0.1, 0.15) is 11.4 Å². The van der Waals surface area contributed by atoms with Crippen LogP contribution in [0.25, 0.3) is 0 Å². The van der Waals surface area contributed by atoms with Crippen LogP contribution in [0.3, 0.4) is 0 Å². The van der Waals surface area contributed by atoms with Crippen LogP contribution in [-0.4, -0.2) is 30.2 Å². The summed E-state index contributed by atoms with van der Waals surface area (Å²) in [6, 6.07) is 16.7. The van der Waals surface area contributed by atoms with E-state index in [2.05, 4.69) is 47.4 Å². The van der Waals surface area contributed by atoms with Gasteiger partial charge >= 0.3 is 0 Å². The van der Waals surface area contributed by atoms with Crippen molar-refractivity contribution in [1.82, 2.24) is 4.90 Å². The summed E-state index contributed by atoms with van der Waals surface area (Å²) in [4.78, 5) is 2.46. The normalized spacial score (nSPS) is 24.6. The number of fused-ring (bicyclic) bond motifs is 1. The van der Waals surface area contributed by atoms with Crippen molar-refractivity contribution in [3.05, 3.63) is 76.9 Å². The average molecular weight is 349 g/mol. The fourth-order valence-electron chi connectivity index (χ4n) is 4.32. The standard InChI is InChI=1S/C23H27NO2/c1-26-21-10-9-20-8-5-12-23(25,22(20)14-21)15-19-11-13-24(17-19)16-18-6-3-2-4-7-18/h2-4,6-7,9-10,14-15,25H,5,8,11-13,16-17H2,1H3. The molecule has 3 nitrogen and oxygen atoms in total. The van der Waals surface area contributed by atoms with Crippen LogP contribution in [0.15, 0.2) is 60.2 Å². The molecule has 2 aliphatic rings. The average Bonchev–Trinajstić information content (AvgIpc) is 3.09. The van der Waals surface area contributed by atoms with Crippen molar-refractivity contribution < 1.29 is 9.84 Å². The molecule has 0 bridgehead atoms. The Kier molecular flexibility index (Phi) is 4.84. The smallest absolute Gasteiger partial charge is 0.119 e. The maximum Gasteiger partial charge on any atom is 0.119 e. The van der Waals surface area contributed by atoms with Gasteiger partial charge < -0.3 is 9.84 Å². The molecular weight excluding hydrogens is 322 g/mol. The van der Waals surface area contributed by atoms with E-state index in [0.717, 1.165) is 56.6 Å². The van der Waals surface area contributed by atoms with E-state index in [9.17, 15) is 5.11 Å². The largest absolute Gasteiger partial charge is 0.497 e. The van der Waals surface area contributed by atoms with Crippen LogP contribution in [-0.2, 0) is 18.6 Å².